The predicted octanol–water partition coefficient (Wildman–Crippen LogP) is 3.14. The van der Waals surface area contributed by atoms with Gasteiger partial charge in [0.1, 0.15) is 0 Å². The monoisotopic (exact) mass is 228 g/mol. The average Bonchev–Trinajstić information content (AvgIpc) is 2.16. The highest BCUT2D eigenvalue weighted by Gasteiger charge is 2.12. The summed E-state index contributed by atoms with van der Waals surface area (Å²) in [6.45, 7) is 2.00. The summed E-state index contributed by atoms with van der Waals surface area (Å²) < 4.78 is 0. The molecule has 1 N–H and O–H groups in total. The minimum Gasteiger partial charge on any atom is -0.478 e. The van der Waals surface area contributed by atoms with Gasteiger partial charge in [-0.1, -0.05) is 0 Å². The molecular weight excluding hydrogens is 216 g/mol. The Bertz CT molecular complexity index is 361. The fraction of sp³-hybridized carbons (Fsp3) is 0.300. The van der Waals surface area contributed by atoms with Crippen molar-refractivity contribution in [2.75, 3.05) is 12.5 Å². The van der Waals surface area contributed by atoms with E-state index in [1.165, 1.54) is 11.8 Å². The van der Waals surface area contributed by atoms with E-state index in [1.807, 2.05) is 25.5 Å². The summed E-state index contributed by atoms with van der Waals surface area (Å²) >= 11 is 3.04. The quantitative estimate of drug-likeness (QED) is 0.806. The lowest BCUT2D eigenvalue weighted by molar-refractivity contribution is 0.0693. The van der Waals surface area contributed by atoms with E-state index in [2.05, 4.69) is 0 Å². The first-order chi connectivity index (χ1) is 6.60. The van der Waals surface area contributed by atoms with Crippen LogP contribution in [0.2, 0.25) is 0 Å². The Kier molecular flexibility index (Phi) is 3.89. The van der Waals surface area contributed by atoms with Gasteiger partial charge in [-0.2, -0.15) is 0 Å². The molecule has 0 atom stereocenters. The van der Waals surface area contributed by atoms with E-state index < -0.39 is 5.97 Å². The molecule has 1 rings (SSSR count). The molecule has 0 aliphatic carbocycles. The lowest BCUT2D eigenvalue weighted by Gasteiger charge is -2.08. The summed E-state index contributed by atoms with van der Waals surface area (Å²) in [7, 11) is 0. The highest BCUT2D eigenvalue weighted by molar-refractivity contribution is 7.99. The van der Waals surface area contributed by atoms with Crippen LogP contribution in [0.5, 0.6) is 0 Å². The van der Waals surface area contributed by atoms with Crippen molar-refractivity contribution < 1.29 is 9.90 Å². The fourth-order valence-corrected chi connectivity index (χ4v) is 2.49. The normalized spacial score (nSPS) is 10.2. The maximum atomic E-state index is 10.9. The van der Waals surface area contributed by atoms with E-state index in [9.17, 15) is 4.79 Å². The lowest BCUT2D eigenvalue weighted by atomic mass is 10.1. The molecule has 76 valence electrons. The first-order valence-corrected chi connectivity index (χ1v) is 6.51. The highest BCUT2D eigenvalue weighted by Crippen LogP contribution is 2.28. The van der Waals surface area contributed by atoms with E-state index in [4.69, 9.17) is 5.11 Å². The van der Waals surface area contributed by atoms with Crippen LogP contribution in [0.4, 0.5) is 0 Å². The lowest BCUT2D eigenvalue weighted by Crippen LogP contribution is -2.00. The summed E-state index contributed by atoms with van der Waals surface area (Å²) in [6.07, 6.45) is 3.84. The van der Waals surface area contributed by atoms with Crippen molar-refractivity contribution in [2.24, 2.45) is 0 Å². The van der Waals surface area contributed by atoms with Crippen LogP contribution in [0.1, 0.15) is 15.9 Å². The molecule has 0 spiro atoms. The number of carboxylic acid groups (broad SMARTS) is 1. The zero-order valence-electron chi connectivity index (χ0n) is 8.33. The molecule has 14 heavy (non-hydrogen) atoms. The van der Waals surface area contributed by atoms with E-state index in [0.29, 0.717) is 5.56 Å². The topological polar surface area (TPSA) is 37.3 Å². The van der Waals surface area contributed by atoms with Crippen LogP contribution < -0.4 is 0 Å². The number of aromatic carboxylic acids is 1. The molecule has 0 saturated heterocycles. The van der Waals surface area contributed by atoms with Gasteiger partial charge in [0.15, 0.2) is 0 Å². The van der Waals surface area contributed by atoms with Crippen LogP contribution in [-0.2, 0) is 0 Å². The van der Waals surface area contributed by atoms with Crippen LogP contribution >= 0.6 is 23.5 Å². The van der Waals surface area contributed by atoms with Crippen LogP contribution in [-0.4, -0.2) is 23.6 Å². The van der Waals surface area contributed by atoms with Crippen LogP contribution in [0, 0.1) is 6.92 Å². The Morgan fingerprint density at radius 2 is 1.79 bits per heavy atom. The van der Waals surface area contributed by atoms with Gasteiger partial charge in [0.2, 0.25) is 0 Å². The van der Waals surface area contributed by atoms with Gasteiger partial charge in [-0.25, -0.2) is 4.79 Å². The van der Waals surface area contributed by atoms with Crippen molar-refractivity contribution in [2.45, 2.75) is 16.7 Å². The minimum atomic E-state index is -0.857. The Morgan fingerprint density at radius 3 is 2.21 bits per heavy atom. The van der Waals surface area contributed by atoms with Crippen molar-refractivity contribution in [1.82, 2.24) is 0 Å². The molecule has 0 unspecified atom stereocenters. The Hall–Kier alpha value is -0.610. The van der Waals surface area contributed by atoms with Crippen LogP contribution in [0.3, 0.4) is 0 Å². The second-order valence-electron chi connectivity index (χ2n) is 2.83. The van der Waals surface area contributed by atoms with Crippen LogP contribution in [0.15, 0.2) is 21.9 Å². The molecule has 4 heteroatoms. The van der Waals surface area contributed by atoms with Crippen LogP contribution in [0.25, 0.3) is 0 Å². The van der Waals surface area contributed by atoms with E-state index in [-0.39, 0.29) is 0 Å². The van der Waals surface area contributed by atoms with Gasteiger partial charge < -0.3 is 5.11 Å². The molecule has 0 fully saturated rings. The maximum Gasteiger partial charge on any atom is 0.336 e. The van der Waals surface area contributed by atoms with Gasteiger partial charge in [0, 0.05) is 9.79 Å². The molecule has 1 aromatic rings. The molecule has 0 aromatic heterocycles. The van der Waals surface area contributed by atoms with Gasteiger partial charge in [-0.05, 0) is 37.1 Å². The molecule has 0 aliphatic heterocycles. The molecule has 0 aliphatic rings. The Balaban J connectivity index is 3.32. The zero-order valence-corrected chi connectivity index (χ0v) is 9.96. The smallest absolute Gasteiger partial charge is 0.336 e. The second kappa shape index (κ2) is 4.75. The molecule has 0 saturated carbocycles. The molecule has 2 nitrogen and oxygen atoms in total. The number of hydrogen-bond donors (Lipinski definition) is 1. The van der Waals surface area contributed by atoms with Gasteiger partial charge in [0.25, 0.3) is 0 Å². The predicted molar refractivity (Wildman–Crippen MR) is 61.7 cm³/mol. The SMILES string of the molecule is CSc1cc(C(=O)O)c(SC)cc1C. The van der Waals surface area contributed by atoms with Gasteiger partial charge in [0.05, 0.1) is 5.56 Å². The number of rotatable bonds is 3. The summed E-state index contributed by atoms with van der Waals surface area (Å²) in [6, 6.07) is 3.67. The largest absolute Gasteiger partial charge is 0.478 e. The third kappa shape index (κ3) is 2.25. The summed E-state index contributed by atoms with van der Waals surface area (Å²) in [5.74, 6) is -0.857. The summed E-state index contributed by atoms with van der Waals surface area (Å²) in [5, 5.41) is 8.99. The van der Waals surface area contributed by atoms with Crippen molar-refractivity contribution >= 4 is 29.5 Å². The molecule has 0 bridgehead atoms. The van der Waals surface area contributed by atoms with Gasteiger partial charge >= 0.3 is 5.97 Å². The number of carboxylic acids is 1. The summed E-state index contributed by atoms with van der Waals surface area (Å²) in [4.78, 5) is 12.8. The van der Waals surface area contributed by atoms with E-state index in [0.717, 1.165) is 15.4 Å². The molecule has 0 amide bonds. The molecule has 1 aromatic carbocycles. The number of aryl methyl sites for hydroxylation is 1. The average molecular weight is 228 g/mol. The molecule has 0 radical (unpaired) electrons. The van der Waals surface area contributed by atoms with Crippen molar-refractivity contribution in [3.63, 3.8) is 0 Å². The minimum absolute atomic E-state index is 0.396. The Labute approximate surface area is 92.1 Å². The van der Waals surface area contributed by atoms with Crippen molar-refractivity contribution in [3.05, 3.63) is 23.3 Å². The van der Waals surface area contributed by atoms with Crippen molar-refractivity contribution in [3.8, 4) is 0 Å². The first kappa shape index (κ1) is 11.5. The zero-order chi connectivity index (χ0) is 10.7. The summed E-state index contributed by atoms with van der Waals surface area (Å²) in [5.41, 5.74) is 1.53. The Morgan fingerprint density at radius 1 is 1.21 bits per heavy atom. The third-order valence-electron chi connectivity index (χ3n) is 1.95. The maximum absolute atomic E-state index is 10.9. The first-order valence-electron chi connectivity index (χ1n) is 4.06. The van der Waals surface area contributed by atoms with E-state index >= 15 is 0 Å². The number of hydrogen-bond acceptors (Lipinski definition) is 3. The number of carbonyl (C=O) groups is 1. The standard InChI is InChI=1S/C10H12O2S2/c1-6-4-9(14-3)7(10(11)12)5-8(6)13-2/h4-5H,1-3H3,(H,11,12). The van der Waals surface area contributed by atoms with Gasteiger partial charge in [-0.3, -0.25) is 0 Å². The third-order valence-corrected chi connectivity index (χ3v) is 3.60. The number of benzene rings is 1. The fourth-order valence-electron chi connectivity index (χ4n) is 1.22. The molecule has 0 heterocycles. The second-order valence-corrected chi connectivity index (χ2v) is 4.52. The number of thioether (sulfide) groups is 2. The van der Waals surface area contributed by atoms with E-state index in [1.54, 1.807) is 17.8 Å². The molecular formula is C10H12O2S2. The van der Waals surface area contributed by atoms with Crippen molar-refractivity contribution in [1.29, 1.82) is 0 Å². The highest BCUT2D eigenvalue weighted by atomic mass is 32.2. The van der Waals surface area contributed by atoms with Gasteiger partial charge in [-0.15, -0.1) is 23.5 Å².